The van der Waals surface area contributed by atoms with Crippen LogP contribution in [0.4, 0.5) is 5.69 Å². The lowest BCUT2D eigenvalue weighted by molar-refractivity contribution is 0.685. The fourth-order valence-corrected chi connectivity index (χ4v) is 2.54. The molecule has 0 unspecified atom stereocenters. The normalized spacial score (nSPS) is 10.8. The molecule has 1 aromatic heterocycles. The van der Waals surface area contributed by atoms with Gasteiger partial charge in [-0.25, -0.2) is 4.68 Å². The molecule has 0 aliphatic rings. The first-order chi connectivity index (χ1) is 10.1. The van der Waals surface area contributed by atoms with Crippen LogP contribution in [-0.4, -0.2) is 9.78 Å². The van der Waals surface area contributed by atoms with Gasteiger partial charge in [-0.1, -0.05) is 34.1 Å². The smallest absolute Gasteiger partial charge is 0.204 e. The second kappa shape index (κ2) is 5.69. The number of nitrogens with zero attached hydrogens (tertiary/aromatic N) is 2. The SMILES string of the molecule is Cc1nn(CNc2ccc(Br)cc2)c2c(=O)ccccc12. The van der Waals surface area contributed by atoms with E-state index in [0.717, 1.165) is 21.2 Å². The first-order valence-corrected chi connectivity index (χ1v) is 7.40. The van der Waals surface area contributed by atoms with Gasteiger partial charge in [0.05, 0.1) is 5.69 Å². The first kappa shape index (κ1) is 13.8. The second-order valence-corrected chi connectivity index (χ2v) is 5.69. The van der Waals surface area contributed by atoms with Gasteiger partial charge in [-0.2, -0.15) is 5.10 Å². The van der Waals surface area contributed by atoms with Gasteiger partial charge >= 0.3 is 0 Å². The van der Waals surface area contributed by atoms with E-state index in [1.165, 1.54) is 0 Å². The highest BCUT2D eigenvalue weighted by atomic mass is 79.9. The minimum Gasteiger partial charge on any atom is -0.366 e. The van der Waals surface area contributed by atoms with Crippen molar-refractivity contribution in [3.8, 4) is 0 Å². The summed E-state index contributed by atoms with van der Waals surface area (Å²) in [6.45, 7) is 2.36. The number of halogens is 1. The van der Waals surface area contributed by atoms with Gasteiger partial charge in [0.15, 0.2) is 0 Å². The molecular formula is C16H14BrN3O. The molecule has 0 aliphatic carbocycles. The Balaban J connectivity index is 1.96. The van der Waals surface area contributed by atoms with Crippen LogP contribution >= 0.6 is 15.9 Å². The number of aromatic nitrogens is 2. The van der Waals surface area contributed by atoms with Crippen LogP contribution in [0, 0.1) is 6.92 Å². The maximum absolute atomic E-state index is 12.2. The molecule has 106 valence electrons. The quantitative estimate of drug-likeness (QED) is 0.791. The second-order valence-electron chi connectivity index (χ2n) is 4.77. The minimum atomic E-state index is -0.0202. The summed E-state index contributed by atoms with van der Waals surface area (Å²) in [5.41, 5.74) is 2.44. The Morgan fingerprint density at radius 3 is 2.62 bits per heavy atom. The molecule has 0 aliphatic heterocycles. The van der Waals surface area contributed by atoms with E-state index in [2.05, 4.69) is 26.3 Å². The summed E-state index contributed by atoms with van der Waals surface area (Å²) in [5, 5.41) is 8.62. The van der Waals surface area contributed by atoms with E-state index >= 15 is 0 Å². The summed E-state index contributed by atoms with van der Waals surface area (Å²) in [7, 11) is 0. The molecule has 5 heteroatoms. The van der Waals surface area contributed by atoms with Crippen molar-refractivity contribution >= 4 is 32.5 Å². The zero-order chi connectivity index (χ0) is 14.8. The number of aryl methyl sites for hydroxylation is 1. The third-order valence-electron chi connectivity index (χ3n) is 3.31. The van der Waals surface area contributed by atoms with Gasteiger partial charge in [-0.3, -0.25) is 4.79 Å². The van der Waals surface area contributed by atoms with Gasteiger partial charge < -0.3 is 5.32 Å². The molecule has 3 aromatic rings. The summed E-state index contributed by atoms with van der Waals surface area (Å²) in [6.07, 6.45) is 0. The van der Waals surface area contributed by atoms with Gasteiger partial charge in [0.2, 0.25) is 5.43 Å². The number of fused-ring (bicyclic) bond motifs is 1. The summed E-state index contributed by atoms with van der Waals surface area (Å²) in [5.74, 6) is 0. The van der Waals surface area contributed by atoms with E-state index in [1.807, 2.05) is 43.3 Å². The Hall–Kier alpha value is -2.14. The van der Waals surface area contributed by atoms with Crippen LogP contribution in [-0.2, 0) is 6.67 Å². The molecular weight excluding hydrogens is 330 g/mol. The number of rotatable bonds is 3. The van der Waals surface area contributed by atoms with Crippen molar-refractivity contribution in [3.63, 3.8) is 0 Å². The Morgan fingerprint density at radius 1 is 1.14 bits per heavy atom. The number of anilines is 1. The molecule has 0 bridgehead atoms. The highest BCUT2D eigenvalue weighted by molar-refractivity contribution is 9.10. The van der Waals surface area contributed by atoms with Gasteiger partial charge in [0.25, 0.3) is 0 Å². The van der Waals surface area contributed by atoms with Crippen LogP contribution < -0.4 is 10.7 Å². The van der Waals surface area contributed by atoms with Crippen LogP contribution in [0.1, 0.15) is 5.69 Å². The fraction of sp³-hybridized carbons (Fsp3) is 0.125. The first-order valence-electron chi connectivity index (χ1n) is 6.61. The molecule has 4 nitrogen and oxygen atoms in total. The molecule has 0 amide bonds. The maximum atomic E-state index is 12.2. The average Bonchev–Trinajstić information content (AvgIpc) is 2.65. The molecule has 3 rings (SSSR count). The fourth-order valence-electron chi connectivity index (χ4n) is 2.28. The molecule has 0 radical (unpaired) electrons. The Labute approximate surface area is 130 Å². The summed E-state index contributed by atoms with van der Waals surface area (Å²) in [4.78, 5) is 12.2. The standard InChI is InChI=1S/C16H14BrN3O/c1-11-14-4-2-3-5-15(21)16(14)20(19-11)10-18-13-8-6-12(17)7-9-13/h2-9,18H,10H2,1H3. The molecule has 0 atom stereocenters. The van der Waals surface area contributed by atoms with Crippen molar-refractivity contribution in [2.75, 3.05) is 5.32 Å². The highest BCUT2D eigenvalue weighted by Crippen LogP contribution is 2.16. The third-order valence-corrected chi connectivity index (χ3v) is 3.83. The molecule has 0 spiro atoms. The van der Waals surface area contributed by atoms with Crippen LogP contribution in [0.5, 0.6) is 0 Å². The lowest BCUT2D eigenvalue weighted by Crippen LogP contribution is -2.13. The monoisotopic (exact) mass is 343 g/mol. The molecule has 0 saturated heterocycles. The van der Waals surface area contributed by atoms with E-state index in [9.17, 15) is 4.79 Å². The summed E-state index contributed by atoms with van der Waals surface area (Å²) < 4.78 is 2.75. The van der Waals surface area contributed by atoms with Gasteiger partial charge in [0, 0.05) is 15.5 Å². The number of nitrogens with one attached hydrogen (secondary N) is 1. The average molecular weight is 344 g/mol. The molecule has 0 saturated carbocycles. The molecule has 0 fully saturated rings. The Kier molecular flexibility index (Phi) is 3.75. The summed E-state index contributed by atoms with van der Waals surface area (Å²) in [6, 6.07) is 15.0. The van der Waals surface area contributed by atoms with Crippen molar-refractivity contribution in [2.24, 2.45) is 0 Å². The Morgan fingerprint density at radius 2 is 1.86 bits per heavy atom. The number of benzene rings is 1. The van der Waals surface area contributed by atoms with E-state index in [-0.39, 0.29) is 5.43 Å². The zero-order valence-electron chi connectivity index (χ0n) is 11.5. The van der Waals surface area contributed by atoms with Crippen LogP contribution in [0.3, 0.4) is 0 Å². The van der Waals surface area contributed by atoms with Crippen molar-refractivity contribution in [1.29, 1.82) is 0 Å². The maximum Gasteiger partial charge on any atom is 0.204 e. The molecule has 1 heterocycles. The van der Waals surface area contributed by atoms with E-state index in [1.54, 1.807) is 16.8 Å². The zero-order valence-corrected chi connectivity index (χ0v) is 13.1. The predicted octanol–water partition coefficient (Wildman–Crippen LogP) is 3.54. The van der Waals surface area contributed by atoms with Gasteiger partial charge in [0.1, 0.15) is 12.2 Å². The van der Waals surface area contributed by atoms with Gasteiger partial charge in [-0.15, -0.1) is 0 Å². The molecule has 21 heavy (non-hydrogen) atoms. The largest absolute Gasteiger partial charge is 0.366 e. The van der Waals surface area contributed by atoms with E-state index in [4.69, 9.17) is 0 Å². The van der Waals surface area contributed by atoms with Crippen molar-refractivity contribution < 1.29 is 0 Å². The van der Waals surface area contributed by atoms with Crippen LogP contribution in [0.2, 0.25) is 0 Å². The third kappa shape index (κ3) is 2.83. The van der Waals surface area contributed by atoms with Crippen molar-refractivity contribution in [2.45, 2.75) is 13.6 Å². The lowest BCUT2D eigenvalue weighted by Gasteiger charge is -2.07. The molecule has 2 aromatic carbocycles. The van der Waals surface area contributed by atoms with E-state index < -0.39 is 0 Å². The Bertz CT molecular complexity index is 840. The van der Waals surface area contributed by atoms with E-state index in [0.29, 0.717) is 12.2 Å². The summed E-state index contributed by atoms with van der Waals surface area (Å²) >= 11 is 3.41. The van der Waals surface area contributed by atoms with Crippen LogP contribution in [0.15, 0.2) is 57.8 Å². The number of hydrogen-bond acceptors (Lipinski definition) is 3. The van der Waals surface area contributed by atoms with Crippen molar-refractivity contribution in [1.82, 2.24) is 9.78 Å². The van der Waals surface area contributed by atoms with Crippen molar-refractivity contribution in [3.05, 3.63) is 68.9 Å². The number of hydrogen-bond donors (Lipinski definition) is 1. The topological polar surface area (TPSA) is 46.9 Å². The highest BCUT2D eigenvalue weighted by Gasteiger charge is 2.08. The lowest BCUT2D eigenvalue weighted by atomic mass is 10.3. The minimum absolute atomic E-state index is 0.0202. The van der Waals surface area contributed by atoms with Gasteiger partial charge in [-0.05, 0) is 37.3 Å². The van der Waals surface area contributed by atoms with Crippen LogP contribution in [0.25, 0.3) is 10.9 Å². The predicted molar refractivity (Wildman–Crippen MR) is 88.5 cm³/mol. The molecule has 1 N–H and O–H groups in total.